The third-order valence-electron chi connectivity index (χ3n) is 3.91. The smallest absolute Gasteiger partial charge is 0.550 e. The Kier molecular flexibility index (Phi) is 12.7. The van der Waals surface area contributed by atoms with E-state index in [1.54, 1.807) is 7.11 Å². The molecule has 0 aromatic heterocycles. The van der Waals surface area contributed by atoms with Gasteiger partial charge in [0, 0.05) is 19.0 Å². The summed E-state index contributed by atoms with van der Waals surface area (Å²) in [7, 11) is 1.73. The van der Waals surface area contributed by atoms with Gasteiger partial charge in [0.15, 0.2) is 6.29 Å². The molecule has 0 aromatic rings. The molecule has 4 nitrogen and oxygen atoms in total. The van der Waals surface area contributed by atoms with Crippen LogP contribution in [0, 0.1) is 17.8 Å². The molecule has 0 bridgehead atoms. The van der Waals surface area contributed by atoms with Crippen molar-refractivity contribution in [2.75, 3.05) is 7.11 Å². The second-order valence-corrected chi connectivity index (χ2v) is 4.99. The molecule has 0 saturated carbocycles. The van der Waals surface area contributed by atoms with Crippen LogP contribution in [0.25, 0.3) is 0 Å². The van der Waals surface area contributed by atoms with Crippen molar-refractivity contribution in [2.24, 2.45) is 17.8 Å². The van der Waals surface area contributed by atoms with E-state index in [4.69, 9.17) is 9.47 Å². The predicted molar refractivity (Wildman–Crippen MR) is 68.8 cm³/mol. The van der Waals surface area contributed by atoms with E-state index in [1.807, 2.05) is 0 Å². The van der Waals surface area contributed by atoms with E-state index in [9.17, 15) is 9.90 Å². The predicted octanol–water partition coefficient (Wildman–Crippen LogP) is -1.17. The van der Waals surface area contributed by atoms with E-state index in [-0.39, 0.29) is 42.3 Å². The van der Waals surface area contributed by atoms with Gasteiger partial charge >= 0.3 is 29.6 Å². The first-order valence-corrected chi connectivity index (χ1v) is 6.77. The quantitative estimate of drug-likeness (QED) is 0.612. The van der Waals surface area contributed by atoms with Gasteiger partial charge in [0.25, 0.3) is 0 Å². The Morgan fingerprint density at radius 2 is 1.63 bits per heavy atom. The van der Waals surface area contributed by atoms with E-state index >= 15 is 0 Å². The summed E-state index contributed by atoms with van der Waals surface area (Å²) in [6.45, 7) is 10.5. The summed E-state index contributed by atoms with van der Waals surface area (Å²) in [6, 6.07) is 0. The van der Waals surface area contributed by atoms with Gasteiger partial charge in [0.1, 0.15) is 0 Å². The number of methoxy groups -OCH3 is 1. The van der Waals surface area contributed by atoms with Crippen molar-refractivity contribution in [3.63, 3.8) is 0 Å². The molecular weight excluding hydrogens is 255 g/mol. The first-order valence-electron chi connectivity index (χ1n) is 6.77. The number of carbonyl (C=O) groups is 1. The SMILES string of the molecule is CCC(=O)[O-].CCC1OC(OC)C(C)C(C)C1C.[Na+]. The van der Waals surface area contributed by atoms with Crippen LogP contribution < -0.4 is 34.7 Å². The Balaban J connectivity index is 0. The minimum absolute atomic E-state index is 0. The Labute approximate surface area is 139 Å². The zero-order valence-electron chi connectivity index (χ0n) is 13.4. The monoisotopic (exact) mass is 282 g/mol. The van der Waals surface area contributed by atoms with E-state index < -0.39 is 5.97 Å². The maximum absolute atomic E-state index is 9.26. The second-order valence-electron chi connectivity index (χ2n) is 4.99. The topological polar surface area (TPSA) is 58.6 Å². The fraction of sp³-hybridized carbons (Fsp3) is 0.929. The van der Waals surface area contributed by atoms with E-state index in [0.29, 0.717) is 23.9 Å². The summed E-state index contributed by atoms with van der Waals surface area (Å²) in [4.78, 5) is 9.26. The summed E-state index contributed by atoms with van der Waals surface area (Å²) in [6.07, 6.45) is 1.56. The molecule has 5 unspecified atom stereocenters. The van der Waals surface area contributed by atoms with Gasteiger partial charge in [-0.3, -0.25) is 0 Å². The first-order chi connectivity index (χ1) is 8.38. The molecule has 0 aliphatic carbocycles. The van der Waals surface area contributed by atoms with Gasteiger partial charge < -0.3 is 19.4 Å². The molecule has 0 radical (unpaired) electrons. The van der Waals surface area contributed by atoms with Crippen LogP contribution in [0.1, 0.15) is 47.5 Å². The standard InChI is InChI=1S/C11H22O2.C3H6O2.Na/c1-6-10-8(3)7(2)9(4)11(12-5)13-10;1-2-3(4)5;/h7-11H,6H2,1-5H3;2H2,1H3,(H,4,5);/q;;+1/p-1. The Morgan fingerprint density at radius 3 is 1.95 bits per heavy atom. The van der Waals surface area contributed by atoms with Crippen molar-refractivity contribution in [3.8, 4) is 0 Å². The average molecular weight is 282 g/mol. The molecule has 0 aromatic carbocycles. The van der Waals surface area contributed by atoms with Crippen LogP contribution in [0.15, 0.2) is 0 Å². The minimum atomic E-state index is -0.995. The van der Waals surface area contributed by atoms with Crippen LogP contribution in [-0.4, -0.2) is 25.5 Å². The van der Waals surface area contributed by atoms with Crippen LogP contribution in [0.5, 0.6) is 0 Å². The summed E-state index contributed by atoms with van der Waals surface area (Å²) in [5, 5.41) is 9.26. The van der Waals surface area contributed by atoms with E-state index in [0.717, 1.165) is 6.42 Å². The number of carboxylic acids is 1. The number of carbonyl (C=O) groups excluding carboxylic acids is 1. The summed E-state index contributed by atoms with van der Waals surface area (Å²) < 4.78 is 11.2. The van der Waals surface area contributed by atoms with Gasteiger partial charge in [-0.25, -0.2) is 0 Å². The van der Waals surface area contributed by atoms with Crippen molar-refractivity contribution in [3.05, 3.63) is 0 Å². The fourth-order valence-corrected chi connectivity index (χ4v) is 2.22. The summed E-state index contributed by atoms with van der Waals surface area (Å²) in [5.74, 6) is 0.836. The molecular formula is C14H27NaO4. The average Bonchev–Trinajstić information content (AvgIpc) is 2.37. The van der Waals surface area contributed by atoms with Gasteiger partial charge in [-0.15, -0.1) is 0 Å². The van der Waals surface area contributed by atoms with Gasteiger partial charge in [-0.2, -0.15) is 0 Å². The third kappa shape index (κ3) is 7.09. The molecule has 19 heavy (non-hydrogen) atoms. The fourth-order valence-electron chi connectivity index (χ4n) is 2.22. The summed E-state index contributed by atoms with van der Waals surface area (Å²) >= 11 is 0. The Bertz CT molecular complexity index is 228. The van der Waals surface area contributed by atoms with Crippen LogP contribution in [0.4, 0.5) is 0 Å². The third-order valence-corrected chi connectivity index (χ3v) is 3.91. The normalized spacial score (nSPS) is 33.7. The van der Waals surface area contributed by atoms with Crippen LogP contribution in [0.3, 0.4) is 0 Å². The molecule has 1 fully saturated rings. The minimum Gasteiger partial charge on any atom is -0.550 e. The van der Waals surface area contributed by atoms with E-state index in [1.165, 1.54) is 6.92 Å². The molecule has 5 heteroatoms. The van der Waals surface area contributed by atoms with Crippen LogP contribution in [-0.2, 0) is 14.3 Å². The zero-order chi connectivity index (χ0) is 14.3. The van der Waals surface area contributed by atoms with Crippen molar-refractivity contribution >= 4 is 5.97 Å². The molecule has 5 atom stereocenters. The van der Waals surface area contributed by atoms with Crippen LogP contribution >= 0.6 is 0 Å². The van der Waals surface area contributed by atoms with Gasteiger partial charge in [-0.05, 0) is 24.7 Å². The Morgan fingerprint density at radius 1 is 1.16 bits per heavy atom. The number of aliphatic carboxylic acids is 1. The maximum Gasteiger partial charge on any atom is 1.00 e. The number of hydrogen-bond donors (Lipinski definition) is 0. The molecule has 1 heterocycles. The van der Waals surface area contributed by atoms with Gasteiger partial charge in [-0.1, -0.05) is 34.6 Å². The molecule has 1 rings (SSSR count). The zero-order valence-corrected chi connectivity index (χ0v) is 15.4. The maximum atomic E-state index is 9.26. The number of hydrogen-bond acceptors (Lipinski definition) is 4. The van der Waals surface area contributed by atoms with E-state index in [2.05, 4.69) is 27.7 Å². The number of rotatable bonds is 3. The molecule has 108 valence electrons. The molecule has 0 amide bonds. The molecule has 1 saturated heterocycles. The largest absolute Gasteiger partial charge is 1.00 e. The molecule has 1 aliphatic rings. The molecule has 0 spiro atoms. The van der Waals surface area contributed by atoms with Crippen molar-refractivity contribution in [2.45, 2.75) is 59.9 Å². The number of carboxylic acid groups (broad SMARTS) is 1. The van der Waals surface area contributed by atoms with Gasteiger partial charge in [0.2, 0.25) is 0 Å². The van der Waals surface area contributed by atoms with Gasteiger partial charge in [0.05, 0.1) is 6.10 Å². The van der Waals surface area contributed by atoms with Crippen molar-refractivity contribution < 1.29 is 48.9 Å². The molecule has 1 aliphatic heterocycles. The first kappa shape index (κ1) is 21.7. The summed E-state index contributed by atoms with van der Waals surface area (Å²) in [5.41, 5.74) is 0. The molecule has 0 N–H and O–H groups in total. The van der Waals surface area contributed by atoms with Crippen LogP contribution in [0.2, 0.25) is 0 Å². The second kappa shape index (κ2) is 11.1. The van der Waals surface area contributed by atoms with Crippen molar-refractivity contribution in [1.29, 1.82) is 0 Å². The Hall–Kier alpha value is 0.390. The van der Waals surface area contributed by atoms with Crippen molar-refractivity contribution in [1.82, 2.24) is 0 Å². The number of ether oxygens (including phenoxy) is 2.